The molecule has 0 atom stereocenters. The Hall–Kier alpha value is -8.72. The van der Waals surface area contributed by atoms with Crippen molar-refractivity contribution in [3.63, 3.8) is 0 Å². The van der Waals surface area contributed by atoms with Gasteiger partial charge in [0.05, 0.1) is 11.4 Å². The number of hydrogen-bond donors (Lipinski definition) is 0. The summed E-state index contributed by atoms with van der Waals surface area (Å²) in [6, 6.07) is 92.9. The Kier molecular flexibility index (Phi) is 10.3. The zero-order chi connectivity index (χ0) is 45.6. The highest BCUT2D eigenvalue weighted by atomic mass is 15.2. The van der Waals surface area contributed by atoms with E-state index in [4.69, 9.17) is 0 Å². The average molecular weight is 869 g/mol. The van der Waals surface area contributed by atoms with Gasteiger partial charge in [-0.15, -0.1) is 0 Å². The van der Waals surface area contributed by atoms with E-state index in [-0.39, 0.29) is 0 Å². The van der Waals surface area contributed by atoms with Gasteiger partial charge in [-0.3, -0.25) is 0 Å². The van der Waals surface area contributed by atoms with E-state index in [1.807, 2.05) is 0 Å². The third-order valence-electron chi connectivity index (χ3n) is 13.7. The maximum absolute atomic E-state index is 2.48. The molecule has 12 aromatic carbocycles. The molecule has 0 saturated carbocycles. The molecule has 0 N–H and O–H groups in total. The lowest BCUT2D eigenvalue weighted by Gasteiger charge is -2.32. The van der Waals surface area contributed by atoms with Gasteiger partial charge in [-0.25, -0.2) is 0 Å². The van der Waals surface area contributed by atoms with Crippen LogP contribution in [-0.4, -0.2) is 0 Å². The second-order valence-electron chi connectivity index (χ2n) is 17.7. The molecule has 0 unspecified atom stereocenters. The van der Waals surface area contributed by atoms with Crippen LogP contribution in [0.3, 0.4) is 0 Å². The molecule has 68 heavy (non-hydrogen) atoms. The molecule has 12 rings (SSSR count). The Labute approximate surface area is 398 Å². The number of hydrogen-bond acceptors (Lipinski definition) is 2. The molecule has 322 valence electrons. The van der Waals surface area contributed by atoms with Crippen molar-refractivity contribution >= 4 is 66.4 Å². The number of benzene rings is 12. The third-order valence-corrected chi connectivity index (χ3v) is 13.7. The molecular weight excluding hydrogens is 821 g/mol. The van der Waals surface area contributed by atoms with E-state index in [1.165, 1.54) is 99.3 Å². The fraction of sp³-hybridized carbons (Fsp3) is 0.0303. The van der Waals surface area contributed by atoms with E-state index in [0.29, 0.717) is 0 Å². The monoisotopic (exact) mass is 868 g/mol. The van der Waals surface area contributed by atoms with Crippen molar-refractivity contribution < 1.29 is 0 Å². The van der Waals surface area contributed by atoms with Crippen molar-refractivity contribution in [1.29, 1.82) is 0 Å². The summed E-state index contributed by atoms with van der Waals surface area (Å²) in [6.45, 7) is 4.56. The van der Waals surface area contributed by atoms with Gasteiger partial charge < -0.3 is 9.80 Å². The Morgan fingerprint density at radius 1 is 0.235 bits per heavy atom. The van der Waals surface area contributed by atoms with Crippen molar-refractivity contribution in [1.82, 2.24) is 0 Å². The zero-order valence-electron chi connectivity index (χ0n) is 38.1. The molecule has 0 aliphatic carbocycles. The molecule has 0 aliphatic rings. The van der Waals surface area contributed by atoms with E-state index >= 15 is 0 Å². The average Bonchev–Trinajstić information content (AvgIpc) is 3.40. The first kappa shape index (κ1) is 40.8. The first-order valence-corrected chi connectivity index (χ1v) is 23.5. The Morgan fingerprint density at radius 3 is 0.779 bits per heavy atom. The standard InChI is InChI=1S/C66H48N2/c1-45-59(47-21-9-3-10-22-47)37-39-61(49-25-13-5-14-26-49)65(45)67(55-29-17-7-18-30-55)57-41-51-33-35-53-43-58(44-54-36-34-52(42-57)63(51)64(53)54)68(56-31-19-8-20-32-56)66-46(2)60(48-23-11-4-12-24-48)38-40-62(66)50-27-15-6-16-28-50/h3-44H,1-2H3. The second kappa shape index (κ2) is 17.3. The van der Waals surface area contributed by atoms with Crippen molar-refractivity contribution in [2.24, 2.45) is 0 Å². The highest BCUT2D eigenvalue weighted by molar-refractivity contribution is 6.25. The summed E-state index contributed by atoms with van der Waals surface area (Å²) >= 11 is 0. The summed E-state index contributed by atoms with van der Waals surface area (Å²) in [7, 11) is 0. The van der Waals surface area contributed by atoms with E-state index in [0.717, 1.165) is 22.7 Å². The first-order valence-electron chi connectivity index (χ1n) is 23.5. The summed E-state index contributed by atoms with van der Waals surface area (Å²) < 4.78 is 0. The first-order chi connectivity index (χ1) is 33.6. The molecular formula is C66H48N2. The lowest BCUT2D eigenvalue weighted by atomic mass is 9.90. The molecule has 0 spiro atoms. The fourth-order valence-electron chi connectivity index (χ4n) is 10.6. The van der Waals surface area contributed by atoms with Crippen LogP contribution in [0, 0.1) is 13.8 Å². The van der Waals surface area contributed by atoms with Crippen LogP contribution in [0.25, 0.3) is 76.8 Å². The summed E-state index contributed by atoms with van der Waals surface area (Å²) in [5, 5.41) is 7.39. The van der Waals surface area contributed by atoms with E-state index in [2.05, 4.69) is 278 Å². The molecule has 2 heteroatoms. The van der Waals surface area contributed by atoms with Crippen LogP contribution in [0.5, 0.6) is 0 Å². The maximum Gasteiger partial charge on any atom is 0.0575 e. The Balaban J connectivity index is 1.06. The van der Waals surface area contributed by atoms with Crippen LogP contribution in [0.4, 0.5) is 34.1 Å². The van der Waals surface area contributed by atoms with Crippen molar-refractivity contribution in [3.05, 3.63) is 266 Å². The molecule has 0 fully saturated rings. The van der Waals surface area contributed by atoms with Crippen LogP contribution in [-0.2, 0) is 0 Å². The van der Waals surface area contributed by atoms with Crippen LogP contribution < -0.4 is 9.80 Å². The van der Waals surface area contributed by atoms with Gasteiger partial charge in [0, 0.05) is 33.9 Å². The predicted octanol–water partition coefficient (Wildman–Crippen LogP) is 18.8. The van der Waals surface area contributed by atoms with Gasteiger partial charge >= 0.3 is 0 Å². The molecule has 0 heterocycles. The largest absolute Gasteiger partial charge is 0.310 e. The molecule has 0 aliphatic heterocycles. The normalized spacial score (nSPS) is 11.4. The SMILES string of the molecule is Cc1c(-c2ccccc2)ccc(-c2ccccc2)c1N(c1ccccc1)c1cc2ccc3cc(N(c4ccccc4)c4c(-c5ccccc5)ccc(-c5ccccc5)c4C)cc4ccc(c1)c2c34. The molecule has 0 aromatic heterocycles. The van der Waals surface area contributed by atoms with Crippen LogP contribution in [0.1, 0.15) is 11.1 Å². The molecule has 0 amide bonds. The van der Waals surface area contributed by atoms with Crippen LogP contribution in [0.15, 0.2) is 255 Å². The molecule has 0 saturated heterocycles. The van der Waals surface area contributed by atoms with Crippen LogP contribution in [0.2, 0.25) is 0 Å². The van der Waals surface area contributed by atoms with E-state index in [1.54, 1.807) is 0 Å². The molecule has 2 nitrogen and oxygen atoms in total. The fourth-order valence-corrected chi connectivity index (χ4v) is 10.6. The minimum atomic E-state index is 1.11. The van der Waals surface area contributed by atoms with Gasteiger partial charge in [0.15, 0.2) is 0 Å². The zero-order valence-corrected chi connectivity index (χ0v) is 38.1. The predicted molar refractivity (Wildman–Crippen MR) is 291 cm³/mol. The van der Waals surface area contributed by atoms with E-state index < -0.39 is 0 Å². The Bertz CT molecular complexity index is 3400. The minimum Gasteiger partial charge on any atom is -0.310 e. The minimum absolute atomic E-state index is 1.11. The lowest BCUT2D eigenvalue weighted by Crippen LogP contribution is -2.14. The summed E-state index contributed by atoms with van der Waals surface area (Å²) in [6.07, 6.45) is 0. The number of para-hydroxylation sites is 2. The van der Waals surface area contributed by atoms with Gasteiger partial charge in [0.1, 0.15) is 0 Å². The summed E-state index contributed by atoms with van der Waals surface area (Å²) in [5.41, 5.74) is 18.8. The van der Waals surface area contributed by atoms with Gasteiger partial charge in [0.25, 0.3) is 0 Å². The Morgan fingerprint density at radius 2 is 0.485 bits per heavy atom. The van der Waals surface area contributed by atoms with Gasteiger partial charge in [0.2, 0.25) is 0 Å². The highest BCUT2D eigenvalue weighted by Gasteiger charge is 2.26. The van der Waals surface area contributed by atoms with Crippen LogP contribution >= 0.6 is 0 Å². The maximum atomic E-state index is 2.48. The number of anilines is 6. The van der Waals surface area contributed by atoms with Gasteiger partial charge in [-0.2, -0.15) is 0 Å². The number of nitrogens with zero attached hydrogens (tertiary/aromatic N) is 2. The van der Waals surface area contributed by atoms with Gasteiger partial charge in [-0.1, -0.05) is 206 Å². The molecule has 12 aromatic rings. The van der Waals surface area contributed by atoms with Crippen molar-refractivity contribution in [2.45, 2.75) is 13.8 Å². The molecule has 0 bridgehead atoms. The number of rotatable bonds is 10. The van der Waals surface area contributed by atoms with Crippen molar-refractivity contribution in [2.75, 3.05) is 9.80 Å². The van der Waals surface area contributed by atoms with E-state index in [9.17, 15) is 0 Å². The second-order valence-corrected chi connectivity index (χ2v) is 17.7. The molecule has 0 radical (unpaired) electrons. The quantitative estimate of drug-likeness (QED) is 0.126. The smallest absolute Gasteiger partial charge is 0.0575 e. The topological polar surface area (TPSA) is 6.48 Å². The van der Waals surface area contributed by atoms with Crippen molar-refractivity contribution in [3.8, 4) is 44.5 Å². The highest BCUT2D eigenvalue weighted by Crippen LogP contribution is 2.50. The summed E-state index contributed by atoms with van der Waals surface area (Å²) in [5.74, 6) is 0. The lowest BCUT2D eigenvalue weighted by molar-refractivity contribution is 1.26. The van der Waals surface area contributed by atoms with Gasteiger partial charge in [-0.05, 0) is 139 Å². The third kappa shape index (κ3) is 7.15. The summed E-state index contributed by atoms with van der Waals surface area (Å²) in [4.78, 5) is 4.95.